The predicted octanol–water partition coefficient (Wildman–Crippen LogP) is 4.65. The van der Waals surface area contributed by atoms with Gasteiger partial charge in [0.15, 0.2) is 0 Å². The number of nitrogens with one attached hydrogen (secondary N) is 1. The number of hydrogen-bond acceptors (Lipinski definition) is 2. The Hall–Kier alpha value is -0.910. The van der Waals surface area contributed by atoms with Gasteiger partial charge < -0.3 is 10.1 Å². The lowest BCUT2D eigenvalue weighted by molar-refractivity contribution is 0.303. The van der Waals surface area contributed by atoms with Crippen molar-refractivity contribution in [2.45, 2.75) is 13.2 Å². The largest absolute Gasteiger partial charge is 0.489 e. The fraction of sp³-hybridized carbons (Fsp3) is 0.200. The summed E-state index contributed by atoms with van der Waals surface area (Å²) in [6.07, 6.45) is 0. The summed E-state index contributed by atoms with van der Waals surface area (Å²) in [7, 11) is 1.91. The first-order valence-corrected chi connectivity index (χ1v) is 7.68. The van der Waals surface area contributed by atoms with E-state index in [9.17, 15) is 4.39 Å². The standard InChI is InChI=1S/C15H14Br2FNO/c1-19-8-10-2-3-11(14(17)6-10)9-20-12-4-5-13(16)15(18)7-12/h2-7,19H,8-9H2,1H3. The van der Waals surface area contributed by atoms with Crippen LogP contribution in [0.3, 0.4) is 0 Å². The van der Waals surface area contributed by atoms with Gasteiger partial charge in [-0.05, 0) is 46.7 Å². The number of hydrogen-bond donors (Lipinski definition) is 1. The molecule has 0 spiro atoms. The van der Waals surface area contributed by atoms with Crippen LogP contribution in [-0.4, -0.2) is 7.05 Å². The lowest BCUT2D eigenvalue weighted by Crippen LogP contribution is -2.05. The highest BCUT2D eigenvalue weighted by Crippen LogP contribution is 2.24. The fourth-order valence-electron chi connectivity index (χ4n) is 1.75. The minimum absolute atomic E-state index is 0.328. The van der Waals surface area contributed by atoms with E-state index < -0.39 is 0 Å². The van der Waals surface area contributed by atoms with Crippen LogP contribution in [0.1, 0.15) is 11.1 Å². The Morgan fingerprint density at radius 1 is 1.10 bits per heavy atom. The smallest absolute Gasteiger partial charge is 0.141 e. The van der Waals surface area contributed by atoms with E-state index in [1.165, 1.54) is 11.6 Å². The molecule has 0 unspecified atom stereocenters. The summed E-state index contributed by atoms with van der Waals surface area (Å²) in [4.78, 5) is 0. The summed E-state index contributed by atoms with van der Waals surface area (Å²) in [6, 6.07) is 10.8. The molecular formula is C15H14Br2FNO. The van der Waals surface area contributed by atoms with E-state index in [1.807, 2.05) is 19.2 Å². The molecule has 0 saturated heterocycles. The maximum absolute atomic E-state index is 13.4. The van der Waals surface area contributed by atoms with Gasteiger partial charge in [-0.25, -0.2) is 4.39 Å². The third kappa shape index (κ3) is 4.04. The number of ether oxygens (including phenoxy) is 1. The third-order valence-electron chi connectivity index (χ3n) is 2.78. The zero-order valence-electron chi connectivity index (χ0n) is 10.9. The SMILES string of the molecule is CNCc1ccc(COc2ccc(Br)c(F)c2)c(Br)c1. The quantitative estimate of drug-likeness (QED) is 0.785. The molecule has 2 aromatic rings. The fourth-order valence-corrected chi connectivity index (χ4v) is 2.54. The molecule has 0 aliphatic heterocycles. The molecule has 0 saturated carbocycles. The monoisotopic (exact) mass is 401 g/mol. The second-order valence-corrected chi connectivity index (χ2v) is 6.03. The second-order valence-electron chi connectivity index (χ2n) is 4.32. The van der Waals surface area contributed by atoms with Gasteiger partial charge in [0, 0.05) is 22.6 Å². The van der Waals surface area contributed by atoms with Crippen LogP contribution in [0.15, 0.2) is 45.3 Å². The van der Waals surface area contributed by atoms with E-state index in [0.717, 1.165) is 16.6 Å². The molecule has 0 aliphatic carbocycles. The van der Waals surface area contributed by atoms with E-state index in [-0.39, 0.29) is 5.82 Å². The molecule has 0 fully saturated rings. The van der Waals surface area contributed by atoms with Crippen molar-refractivity contribution in [1.82, 2.24) is 5.32 Å². The van der Waals surface area contributed by atoms with Crippen LogP contribution < -0.4 is 10.1 Å². The molecule has 0 amide bonds. The van der Waals surface area contributed by atoms with Gasteiger partial charge in [-0.15, -0.1) is 0 Å². The molecule has 0 heterocycles. The summed E-state index contributed by atoms with van der Waals surface area (Å²) in [5.74, 6) is 0.183. The summed E-state index contributed by atoms with van der Waals surface area (Å²) in [5, 5.41) is 3.10. The summed E-state index contributed by atoms with van der Waals surface area (Å²) >= 11 is 6.64. The first-order valence-electron chi connectivity index (χ1n) is 6.10. The van der Waals surface area contributed by atoms with Crippen molar-refractivity contribution in [2.24, 2.45) is 0 Å². The Morgan fingerprint density at radius 2 is 1.90 bits per heavy atom. The molecule has 0 bridgehead atoms. The number of halogens is 3. The summed E-state index contributed by atoms with van der Waals surface area (Å²) in [6.45, 7) is 1.21. The summed E-state index contributed by atoms with van der Waals surface area (Å²) < 4.78 is 20.4. The molecule has 2 nitrogen and oxygen atoms in total. The molecule has 1 N–H and O–H groups in total. The van der Waals surface area contributed by atoms with Gasteiger partial charge in [-0.1, -0.05) is 28.1 Å². The molecule has 5 heteroatoms. The van der Waals surface area contributed by atoms with E-state index >= 15 is 0 Å². The number of rotatable bonds is 5. The van der Waals surface area contributed by atoms with Crippen molar-refractivity contribution in [2.75, 3.05) is 7.05 Å². The Kier molecular flexibility index (Phi) is 5.57. The highest BCUT2D eigenvalue weighted by molar-refractivity contribution is 9.10. The van der Waals surface area contributed by atoms with Gasteiger partial charge in [0.25, 0.3) is 0 Å². The van der Waals surface area contributed by atoms with Gasteiger partial charge in [0.05, 0.1) is 4.47 Å². The van der Waals surface area contributed by atoms with Crippen LogP contribution in [-0.2, 0) is 13.2 Å². The van der Waals surface area contributed by atoms with Crippen LogP contribution in [0.5, 0.6) is 5.75 Å². The van der Waals surface area contributed by atoms with Gasteiger partial charge >= 0.3 is 0 Å². The second kappa shape index (κ2) is 7.20. The van der Waals surface area contributed by atoms with Crippen molar-refractivity contribution in [1.29, 1.82) is 0 Å². The van der Waals surface area contributed by atoms with E-state index in [4.69, 9.17) is 4.74 Å². The van der Waals surface area contributed by atoms with Crippen LogP contribution in [0.25, 0.3) is 0 Å². The molecule has 0 aromatic heterocycles. The molecule has 20 heavy (non-hydrogen) atoms. The average Bonchev–Trinajstić information content (AvgIpc) is 2.42. The molecule has 2 rings (SSSR count). The topological polar surface area (TPSA) is 21.3 Å². The van der Waals surface area contributed by atoms with Gasteiger partial charge in [0.1, 0.15) is 18.2 Å². The molecule has 0 aliphatic rings. The van der Waals surface area contributed by atoms with Crippen molar-refractivity contribution < 1.29 is 9.13 Å². The average molecular weight is 403 g/mol. The van der Waals surface area contributed by atoms with Crippen molar-refractivity contribution >= 4 is 31.9 Å². The van der Waals surface area contributed by atoms with Crippen LogP contribution in [0.2, 0.25) is 0 Å². The Balaban J connectivity index is 2.05. The first kappa shape index (κ1) is 15.5. The normalized spacial score (nSPS) is 10.6. The van der Waals surface area contributed by atoms with Crippen LogP contribution >= 0.6 is 31.9 Å². The van der Waals surface area contributed by atoms with Gasteiger partial charge in [-0.3, -0.25) is 0 Å². The Bertz CT molecular complexity index is 604. The van der Waals surface area contributed by atoms with Gasteiger partial charge in [0.2, 0.25) is 0 Å². The highest BCUT2D eigenvalue weighted by atomic mass is 79.9. The molecular weight excluding hydrogens is 389 g/mol. The third-order valence-corrected chi connectivity index (χ3v) is 4.17. The van der Waals surface area contributed by atoms with Crippen LogP contribution in [0.4, 0.5) is 4.39 Å². The van der Waals surface area contributed by atoms with Gasteiger partial charge in [-0.2, -0.15) is 0 Å². The lowest BCUT2D eigenvalue weighted by atomic mass is 10.1. The zero-order valence-corrected chi connectivity index (χ0v) is 14.1. The number of benzene rings is 2. The Labute approximate surface area is 134 Å². The minimum Gasteiger partial charge on any atom is -0.489 e. The van der Waals surface area contributed by atoms with Crippen molar-refractivity contribution in [3.05, 3.63) is 62.3 Å². The van der Waals surface area contributed by atoms with Crippen LogP contribution in [0, 0.1) is 5.82 Å². The van der Waals surface area contributed by atoms with E-state index in [0.29, 0.717) is 16.8 Å². The maximum Gasteiger partial charge on any atom is 0.141 e. The minimum atomic E-state index is -0.328. The maximum atomic E-state index is 13.4. The van der Waals surface area contributed by atoms with E-state index in [1.54, 1.807) is 12.1 Å². The molecule has 2 aromatic carbocycles. The molecule has 106 valence electrons. The predicted molar refractivity (Wildman–Crippen MR) is 85.3 cm³/mol. The highest BCUT2D eigenvalue weighted by Gasteiger charge is 2.05. The van der Waals surface area contributed by atoms with Crippen molar-refractivity contribution in [3.8, 4) is 5.75 Å². The lowest BCUT2D eigenvalue weighted by Gasteiger charge is -2.10. The van der Waals surface area contributed by atoms with E-state index in [2.05, 4.69) is 43.2 Å². The molecule has 0 atom stereocenters. The van der Waals surface area contributed by atoms with Crippen molar-refractivity contribution in [3.63, 3.8) is 0 Å². The zero-order chi connectivity index (χ0) is 14.5. The molecule has 0 radical (unpaired) electrons. The Morgan fingerprint density at radius 3 is 2.55 bits per heavy atom. The summed E-state index contributed by atoms with van der Waals surface area (Å²) in [5.41, 5.74) is 2.21. The first-order chi connectivity index (χ1) is 9.60.